The normalized spacial score (nSPS) is 11.7. The fourth-order valence-corrected chi connectivity index (χ4v) is 5.90. The van der Waals surface area contributed by atoms with Gasteiger partial charge in [0, 0.05) is 10.5 Å². The third-order valence-electron chi connectivity index (χ3n) is 5.23. The van der Waals surface area contributed by atoms with Crippen molar-refractivity contribution in [3.63, 3.8) is 0 Å². The summed E-state index contributed by atoms with van der Waals surface area (Å²) < 4.78 is 130. The molecular formula is C22H14CuN4Na4O15S4. The zero-order chi connectivity index (χ0) is 33.8. The van der Waals surface area contributed by atoms with E-state index >= 15 is 0 Å². The predicted molar refractivity (Wildman–Crippen MR) is 138 cm³/mol. The van der Waals surface area contributed by atoms with E-state index in [1.54, 1.807) is 0 Å². The second-order valence-electron chi connectivity index (χ2n) is 8.28. The zero-order valence-electron chi connectivity index (χ0n) is 26.0. The number of carboxylic acid groups (broad SMARTS) is 1. The summed E-state index contributed by atoms with van der Waals surface area (Å²) in [5.74, 6) is -4.70. The molecule has 1 radical (unpaired) electrons. The Kier molecular flexibility index (Phi) is 24.5. The van der Waals surface area contributed by atoms with Crippen LogP contribution in [0.4, 0.5) is 11.4 Å². The molecule has 0 atom stereocenters. The quantitative estimate of drug-likeness (QED) is 0.0507. The first-order valence-corrected chi connectivity index (χ1v) is 17.2. The van der Waals surface area contributed by atoms with Crippen LogP contribution in [0.1, 0.15) is 15.9 Å². The number of rotatable bonds is 13. The summed E-state index contributed by atoms with van der Waals surface area (Å²) in [6.45, 7) is -1.21. The molecule has 19 nitrogen and oxygen atoms in total. The first-order valence-electron chi connectivity index (χ1n) is 11.4. The van der Waals surface area contributed by atoms with Gasteiger partial charge in [-0.05, 0) is 30.3 Å². The van der Waals surface area contributed by atoms with Crippen molar-refractivity contribution in [2.75, 3.05) is 12.4 Å². The van der Waals surface area contributed by atoms with E-state index in [0.29, 0.717) is 24.3 Å². The molecule has 0 unspecified atom stereocenters. The summed E-state index contributed by atoms with van der Waals surface area (Å²) in [5.41, 5.74) is -2.44. The fraction of sp³-hybridized carbons (Fsp3) is 0.0909. The molecule has 0 saturated carbocycles. The minimum Gasteiger partial charge on any atom is -0.870 e. The first kappa shape index (κ1) is 54.5. The van der Waals surface area contributed by atoms with Crippen molar-refractivity contribution in [2.45, 2.75) is 14.7 Å². The van der Waals surface area contributed by atoms with Gasteiger partial charge in [-0.25, -0.2) is 33.7 Å². The van der Waals surface area contributed by atoms with Gasteiger partial charge in [-0.2, -0.15) is 32.6 Å². The van der Waals surface area contributed by atoms with E-state index in [9.17, 15) is 62.3 Å². The molecule has 251 valence electrons. The third-order valence-corrected chi connectivity index (χ3v) is 9.02. The molecule has 28 heteroatoms. The van der Waals surface area contributed by atoms with E-state index in [-0.39, 0.29) is 147 Å². The molecule has 0 aliphatic heterocycles. The van der Waals surface area contributed by atoms with Crippen LogP contribution in [-0.2, 0) is 61.7 Å². The summed E-state index contributed by atoms with van der Waals surface area (Å²) in [6.07, 6.45) is -0.580. The SMILES string of the molecule is O=C([O-])c1ccc(S(=O)(=O)[O-])cc1N=N[C-](N=Nc1cc(S(=O)(=O)CCOS(=O)(=O)[O-])cc(S(=O)(=O)[O-])c1[O-])c1ccccc1.[Cu+2].[Na+].[Na+].[Na+].[Na+]. The van der Waals surface area contributed by atoms with Crippen LogP contribution in [-0.4, -0.2) is 65.7 Å². The van der Waals surface area contributed by atoms with Crippen LogP contribution in [0.15, 0.2) is 95.8 Å². The van der Waals surface area contributed by atoms with Crippen LogP contribution >= 0.6 is 0 Å². The standard InChI is InChI=1S/C22H19N4O15S4.Cu.4Na/c27-20-18(11-15(12-19(20)44(35,36)37)42(30,31)9-8-41-45(38,39)40)24-26-21(13-4-2-1-3-5-13)25-23-17-10-14(43(32,33)34)6-7-16(17)22(28)29;;;;;/h1-7,10-12,27H,8-9H2,(H,28,29)(H,32,33,34)(H,35,36,37)(H,38,39,40);;;;;/q-1;+2;4*+1/p-5. The van der Waals surface area contributed by atoms with Gasteiger partial charge in [0.05, 0.1) is 45.7 Å². The van der Waals surface area contributed by atoms with E-state index in [0.717, 1.165) is 0 Å². The van der Waals surface area contributed by atoms with Gasteiger partial charge in [-0.3, -0.25) is 4.18 Å². The Morgan fingerprint density at radius 3 is 1.72 bits per heavy atom. The minimum atomic E-state index is -5.64. The van der Waals surface area contributed by atoms with Gasteiger partial charge in [0.2, 0.25) is 10.4 Å². The van der Waals surface area contributed by atoms with Crippen molar-refractivity contribution in [1.29, 1.82) is 0 Å². The van der Waals surface area contributed by atoms with Crippen LogP contribution in [0.3, 0.4) is 0 Å². The number of aromatic carboxylic acids is 1. The Hall–Kier alpha value is 0.159. The molecule has 0 aromatic heterocycles. The van der Waals surface area contributed by atoms with E-state index in [1.165, 1.54) is 30.3 Å². The molecule has 0 aliphatic rings. The largest absolute Gasteiger partial charge is 2.00 e. The number of sulfone groups is 1. The summed E-state index contributed by atoms with van der Waals surface area (Å²) in [4.78, 5) is 7.98. The number of nitrogens with zero attached hydrogens (tertiary/aromatic N) is 4. The van der Waals surface area contributed by atoms with E-state index in [1.807, 2.05) is 0 Å². The summed E-state index contributed by atoms with van der Waals surface area (Å²) in [7, 11) is -20.8. The maximum atomic E-state index is 12.7. The van der Waals surface area contributed by atoms with Gasteiger partial charge < -0.3 is 28.7 Å². The van der Waals surface area contributed by atoms with Gasteiger partial charge >= 0.3 is 135 Å². The smallest absolute Gasteiger partial charge is 0.870 e. The van der Waals surface area contributed by atoms with Gasteiger partial charge in [0.25, 0.3) is 0 Å². The van der Waals surface area contributed by atoms with Crippen LogP contribution in [0.5, 0.6) is 5.75 Å². The maximum Gasteiger partial charge on any atom is 2.00 e. The summed E-state index contributed by atoms with van der Waals surface area (Å²) in [6, 6.07) is 9.69. The minimum absolute atomic E-state index is 0. The molecule has 0 aliphatic carbocycles. The molecule has 0 spiro atoms. The Morgan fingerprint density at radius 2 is 1.24 bits per heavy atom. The second kappa shape index (κ2) is 22.5. The van der Waals surface area contributed by atoms with Crippen molar-refractivity contribution < 1.29 is 202 Å². The molecular weight excluding hydrogens is 844 g/mol. The van der Waals surface area contributed by atoms with Crippen molar-refractivity contribution >= 4 is 57.8 Å². The van der Waals surface area contributed by atoms with Crippen LogP contribution in [0.2, 0.25) is 0 Å². The van der Waals surface area contributed by atoms with Crippen molar-refractivity contribution in [3.8, 4) is 5.75 Å². The average Bonchev–Trinajstić information content (AvgIpc) is 2.92. The molecule has 3 aromatic rings. The van der Waals surface area contributed by atoms with E-state index in [4.69, 9.17) is 0 Å². The van der Waals surface area contributed by atoms with Gasteiger partial charge in [0.15, 0.2) is 9.84 Å². The number of carbonyl (C=O) groups excluding carboxylic acids is 1. The number of hydrogen-bond acceptors (Lipinski definition) is 19. The van der Waals surface area contributed by atoms with Gasteiger partial charge in [0.1, 0.15) is 20.2 Å². The molecule has 0 amide bonds. The zero-order valence-corrected chi connectivity index (χ0v) is 38.2. The fourth-order valence-electron chi connectivity index (χ4n) is 3.21. The first-order chi connectivity index (χ1) is 20.7. The Labute approximate surface area is 385 Å². The van der Waals surface area contributed by atoms with Gasteiger partial charge in [-0.15, -0.1) is 17.7 Å². The maximum absolute atomic E-state index is 12.7. The van der Waals surface area contributed by atoms with Crippen LogP contribution in [0, 0.1) is 6.17 Å². The predicted octanol–water partition coefficient (Wildman–Crippen LogP) is -12.4. The van der Waals surface area contributed by atoms with Crippen LogP contribution < -0.4 is 128 Å². The van der Waals surface area contributed by atoms with Crippen molar-refractivity contribution in [3.05, 3.63) is 78.0 Å². The Bertz CT molecular complexity index is 2140. The van der Waals surface area contributed by atoms with Gasteiger partial charge in [-0.1, -0.05) is 11.8 Å². The molecule has 0 fully saturated rings. The molecule has 0 saturated heterocycles. The van der Waals surface area contributed by atoms with E-state index in [2.05, 4.69) is 24.6 Å². The second-order valence-corrected chi connectivity index (χ2v) is 14.2. The number of carbonyl (C=O) groups is 1. The third kappa shape index (κ3) is 16.3. The average molecular weight is 858 g/mol. The summed E-state index contributed by atoms with van der Waals surface area (Å²) in [5, 5.41) is 38.6. The summed E-state index contributed by atoms with van der Waals surface area (Å²) >= 11 is 0. The number of hydrogen-bond donors (Lipinski definition) is 0. The van der Waals surface area contributed by atoms with Crippen molar-refractivity contribution in [1.82, 2.24) is 0 Å². The van der Waals surface area contributed by atoms with Crippen LogP contribution in [0.25, 0.3) is 0 Å². The Morgan fingerprint density at radius 1 is 0.720 bits per heavy atom. The molecule has 3 aromatic carbocycles. The number of azo groups is 2. The Balaban J connectivity index is -0.00000442. The number of benzene rings is 3. The number of carboxylic acids is 1. The van der Waals surface area contributed by atoms with Crippen molar-refractivity contribution in [2.24, 2.45) is 20.5 Å². The monoisotopic (exact) mass is 857 g/mol. The molecule has 0 heterocycles. The molecule has 50 heavy (non-hydrogen) atoms. The molecule has 3 rings (SSSR count). The van der Waals surface area contributed by atoms with E-state index < -0.39 is 102 Å². The molecule has 0 N–H and O–H groups in total. The topological polar surface area (TPSA) is 328 Å². The molecule has 0 bridgehead atoms.